The summed E-state index contributed by atoms with van der Waals surface area (Å²) in [6.07, 6.45) is 1.02. The molecule has 154 valence electrons. The first-order chi connectivity index (χ1) is 14.8. The van der Waals surface area contributed by atoms with Gasteiger partial charge in [-0.15, -0.1) is 0 Å². The SMILES string of the molecule is COc1cc2c(cc1OC)[C@H]1[C@@H](c3ccccc3)CN(c3ccccc3)CN1CC2. The fourth-order valence-electron chi connectivity index (χ4n) is 5.09. The summed E-state index contributed by atoms with van der Waals surface area (Å²) in [5.41, 5.74) is 5.43. The molecule has 0 bridgehead atoms. The zero-order chi connectivity index (χ0) is 20.5. The summed E-state index contributed by atoms with van der Waals surface area (Å²) in [6.45, 7) is 2.97. The van der Waals surface area contributed by atoms with Crippen LogP contribution in [0, 0.1) is 0 Å². The smallest absolute Gasteiger partial charge is 0.161 e. The van der Waals surface area contributed by atoms with Crippen molar-refractivity contribution in [3.8, 4) is 11.5 Å². The molecule has 1 saturated heterocycles. The molecule has 2 aliphatic heterocycles. The Morgan fingerprint density at radius 3 is 2.20 bits per heavy atom. The van der Waals surface area contributed by atoms with Crippen molar-refractivity contribution in [3.63, 3.8) is 0 Å². The van der Waals surface area contributed by atoms with Gasteiger partial charge in [0.2, 0.25) is 0 Å². The first-order valence-electron chi connectivity index (χ1n) is 10.6. The van der Waals surface area contributed by atoms with Gasteiger partial charge in [-0.1, -0.05) is 48.5 Å². The third-order valence-corrected chi connectivity index (χ3v) is 6.53. The second kappa shape index (κ2) is 8.04. The van der Waals surface area contributed by atoms with E-state index in [0.717, 1.165) is 37.7 Å². The summed E-state index contributed by atoms with van der Waals surface area (Å²) < 4.78 is 11.2. The van der Waals surface area contributed by atoms with Crippen molar-refractivity contribution in [3.05, 3.63) is 89.5 Å². The van der Waals surface area contributed by atoms with Gasteiger partial charge in [0.15, 0.2) is 11.5 Å². The maximum absolute atomic E-state index is 5.66. The largest absolute Gasteiger partial charge is 0.493 e. The lowest BCUT2D eigenvalue weighted by molar-refractivity contribution is 0.128. The molecule has 0 N–H and O–H groups in total. The van der Waals surface area contributed by atoms with Gasteiger partial charge in [0.25, 0.3) is 0 Å². The van der Waals surface area contributed by atoms with Crippen LogP contribution in [0.2, 0.25) is 0 Å². The maximum Gasteiger partial charge on any atom is 0.161 e. The quantitative estimate of drug-likeness (QED) is 0.624. The molecule has 0 radical (unpaired) electrons. The van der Waals surface area contributed by atoms with E-state index >= 15 is 0 Å². The molecule has 2 aliphatic rings. The molecule has 30 heavy (non-hydrogen) atoms. The highest BCUT2D eigenvalue weighted by molar-refractivity contribution is 5.53. The molecule has 0 spiro atoms. The van der Waals surface area contributed by atoms with Gasteiger partial charge in [-0.3, -0.25) is 4.90 Å². The molecule has 1 fully saturated rings. The fraction of sp³-hybridized carbons (Fsp3) is 0.308. The average molecular weight is 401 g/mol. The fourth-order valence-corrected chi connectivity index (χ4v) is 5.09. The minimum absolute atomic E-state index is 0.330. The van der Waals surface area contributed by atoms with Crippen LogP contribution in [0.15, 0.2) is 72.8 Å². The first kappa shape index (κ1) is 19.0. The Balaban J connectivity index is 1.59. The Hall–Kier alpha value is -2.98. The number of fused-ring (bicyclic) bond motifs is 3. The highest BCUT2D eigenvalue weighted by atomic mass is 16.5. The number of rotatable bonds is 4. The standard InChI is InChI=1S/C26H28N2O2/c1-29-24-15-20-13-14-27-18-28(21-11-7-4-8-12-21)17-23(19-9-5-3-6-10-19)26(27)22(20)16-25(24)30-2/h3-12,15-16,23,26H,13-14,17-18H2,1-2H3/t23-,26+/m1/s1. The molecule has 0 amide bonds. The number of ether oxygens (including phenoxy) is 2. The van der Waals surface area contributed by atoms with Crippen molar-refractivity contribution in [1.29, 1.82) is 0 Å². The van der Waals surface area contributed by atoms with Gasteiger partial charge in [0, 0.05) is 30.7 Å². The van der Waals surface area contributed by atoms with Gasteiger partial charge in [-0.25, -0.2) is 0 Å². The first-order valence-corrected chi connectivity index (χ1v) is 10.6. The van der Waals surface area contributed by atoms with Crippen molar-refractivity contribution in [2.45, 2.75) is 18.4 Å². The molecule has 0 aliphatic carbocycles. The van der Waals surface area contributed by atoms with E-state index in [1.54, 1.807) is 14.2 Å². The Morgan fingerprint density at radius 1 is 0.833 bits per heavy atom. The molecular weight excluding hydrogens is 372 g/mol. The molecule has 0 saturated carbocycles. The van der Waals surface area contributed by atoms with Crippen LogP contribution < -0.4 is 14.4 Å². The van der Waals surface area contributed by atoms with Gasteiger partial charge >= 0.3 is 0 Å². The number of anilines is 1. The minimum atomic E-state index is 0.330. The van der Waals surface area contributed by atoms with Crippen LogP contribution in [0.3, 0.4) is 0 Å². The van der Waals surface area contributed by atoms with Crippen molar-refractivity contribution < 1.29 is 9.47 Å². The van der Waals surface area contributed by atoms with E-state index in [1.807, 2.05) is 0 Å². The maximum atomic E-state index is 5.66. The van der Waals surface area contributed by atoms with E-state index in [2.05, 4.69) is 82.6 Å². The second-order valence-corrected chi connectivity index (χ2v) is 8.13. The predicted octanol–water partition coefficient (Wildman–Crippen LogP) is 4.86. The predicted molar refractivity (Wildman–Crippen MR) is 121 cm³/mol. The second-order valence-electron chi connectivity index (χ2n) is 8.13. The van der Waals surface area contributed by atoms with Crippen molar-refractivity contribution in [1.82, 2.24) is 4.90 Å². The number of benzene rings is 3. The van der Waals surface area contributed by atoms with Crippen molar-refractivity contribution in [2.75, 3.05) is 38.9 Å². The zero-order valence-electron chi connectivity index (χ0n) is 17.6. The number of hydrogen-bond donors (Lipinski definition) is 0. The molecule has 3 aromatic rings. The summed E-state index contributed by atoms with van der Waals surface area (Å²) >= 11 is 0. The van der Waals surface area contributed by atoms with Gasteiger partial charge in [0.05, 0.1) is 20.9 Å². The van der Waals surface area contributed by atoms with Gasteiger partial charge in [0.1, 0.15) is 0 Å². The Morgan fingerprint density at radius 2 is 1.50 bits per heavy atom. The molecule has 2 atom stereocenters. The summed E-state index contributed by atoms with van der Waals surface area (Å²) in [5.74, 6) is 2.01. The zero-order valence-corrected chi connectivity index (χ0v) is 17.6. The normalized spacial score (nSPS) is 20.9. The summed E-state index contributed by atoms with van der Waals surface area (Å²) in [7, 11) is 3.43. The van der Waals surface area contributed by atoms with E-state index in [4.69, 9.17) is 9.47 Å². The van der Waals surface area contributed by atoms with E-state index in [0.29, 0.717) is 12.0 Å². The number of hydrogen-bond acceptors (Lipinski definition) is 4. The van der Waals surface area contributed by atoms with Crippen molar-refractivity contribution in [2.24, 2.45) is 0 Å². The molecule has 3 aromatic carbocycles. The summed E-state index contributed by atoms with van der Waals surface area (Å²) in [6, 6.07) is 26.4. The van der Waals surface area contributed by atoms with E-state index in [1.165, 1.54) is 22.4 Å². The van der Waals surface area contributed by atoms with Gasteiger partial charge in [-0.05, 0) is 47.4 Å². The molecule has 0 unspecified atom stereocenters. The number of para-hydroxylation sites is 1. The van der Waals surface area contributed by atoms with Crippen LogP contribution in [0.5, 0.6) is 11.5 Å². The molecule has 4 nitrogen and oxygen atoms in total. The lowest BCUT2D eigenvalue weighted by atomic mass is 9.79. The molecular formula is C26H28N2O2. The Labute approximate surface area is 178 Å². The molecule has 4 heteroatoms. The van der Waals surface area contributed by atoms with Crippen LogP contribution in [-0.4, -0.2) is 38.9 Å². The van der Waals surface area contributed by atoms with Crippen molar-refractivity contribution >= 4 is 5.69 Å². The Bertz CT molecular complexity index is 1010. The van der Waals surface area contributed by atoms with Crippen LogP contribution in [0.1, 0.15) is 28.7 Å². The highest BCUT2D eigenvalue weighted by Crippen LogP contribution is 2.47. The lowest BCUT2D eigenvalue weighted by Crippen LogP contribution is -2.52. The van der Waals surface area contributed by atoms with Crippen LogP contribution in [0.4, 0.5) is 5.69 Å². The summed E-state index contributed by atoms with van der Waals surface area (Å²) in [4.78, 5) is 5.14. The van der Waals surface area contributed by atoms with Crippen LogP contribution >= 0.6 is 0 Å². The van der Waals surface area contributed by atoms with Crippen LogP contribution in [0.25, 0.3) is 0 Å². The minimum Gasteiger partial charge on any atom is -0.493 e. The molecule has 2 heterocycles. The number of methoxy groups -OCH3 is 2. The van der Waals surface area contributed by atoms with E-state index < -0.39 is 0 Å². The lowest BCUT2D eigenvalue weighted by Gasteiger charge is -2.50. The van der Waals surface area contributed by atoms with E-state index in [9.17, 15) is 0 Å². The van der Waals surface area contributed by atoms with Gasteiger partial charge < -0.3 is 14.4 Å². The molecule has 0 aromatic heterocycles. The average Bonchev–Trinajstić information content (AvgIpc) is 2.83. The van der Waals surface area contributed by atoms with Gasteiger partial charge in [-0.2, -0.15) is 0 Å². The monoisotopic (exact) mass is 400 g/mol. The van der Waals surface area contributed by atoms with Crippen LogP contribution in [-0.2, 0) is 6.42 Å². The third-order valence-electron chi connectivity index (χ3n) is 6.53. The highest BCUT2D eigenvalue weighted by Gasteiger charge is 2.40. The number of nitrogens with zero attached hydrogens (tertiary/aromatic N) is 2. The summed E-state index contributed by atoms with van der Waals surface area (Å²) in [5, 5.41) is 0. The third kappa shape index (κ3) is 3.31. The van der Waals surface area contributed by atoms with E-state index in [-0.39, 0.29) is 0 Å². The topological polar surface area (TPSA) is 24.9 Å². The Kier molecular flexibility index (Phi) is 5.09. The molecule has 5 rings (SSSR count).